The van der Waals surface area contributed by atoms with Crippen molar-refractivity contribution in [1.29, 1.82) is 0 Å². The molecule has 0 bridgehead atoms. The molecule has 2 aliphatic rings. The topological polar surface area (TPSA) is 145 Å². The van der Waals surface area contributed by atoms with Gasteiger partial charge < -0.3 is 30.7 Å². The number of carbonyl (C=O) groups excluding carboxylic acids is 2. The number of primary amides is 1. The van der Waals surface area contributed by atoms with Gasteiger partial charge in [-0.05, 0) is 68.3 Å². The summed E-state index contributed by atoms with van der Waals surface area (Å²) in [6, 6.07) is 13.5. The van der Waals surface area contributed by atoms with Crippen LogP contribution in [-0.2, 0) is 9.47 Å². The standard InChI is InChI=1S/C27H31N7O4/c1-17-16-38-15-12-34(17)26-32-24(31-25(33-26)20-10-13-37-14-11-20)19-4-8-22(9-5-19)30-27(36)29-21-6-2-18(3-7-21)23(28)35/h2-9,17,20H,10-16H2,1H3,(H2,28,35)(H2,29,30,36). The summed E-state index contributed by atoms with van der Waals surface area (Å²) in [4.78, 5) is 40.4. The highest BCUT2D eigenvalue weighted by molar-refractivity contribution is 6.00. The molecule has 3 aromatic rings. The lowest BCUT2D eigenvalue weighted by Gasteiger charge is -2.34. The Morgan fingerprint density at radius 1 is 0.895 bits per heavy atom. The highest BCUT2D eigenvalue weighted by Gasteiger charge is 2.26. The largest absolute Gasteiger partial charge is 0.381 e. The van der Waals surface area contributed by atoms with Crippen molar-refractivity contribution in [3.05, 3.63) is 59.9 Å². The van der Waals surface area contributed by atoms with Crippen LogP contribution in [0.1, 0.15) is 41.9 Å². The molecule has 5 rings (SSSR count). The average Bonchev–Trinajstić information content (AvgIpc) is 2.94. The monoisotopic (exact) mass is 517 g/mol. The van der Waals surface area contributed by atoms with Crippen molar-refractivity contribution >= 4 is 29.3 Å². The van der Waals surface area contributed by atoms with E-state index in [1.165, 1.54) is 0 Å². The number of benzene rings is 2. The molecule has 198 valence electrons. The second kappa shape index (κ2) is 11.5. The molecule has 0 saturated carbocycles. The Morgan fingerprint density at radius 3 is 2.18 bits per heavy atom. The first-order chi connectivity index (χ1) is 18.5. The van der Waals surface area contributed by atoms with Gasteiger partial charge in [-0.15, -0.1) is 0 Å². The summed E-state index contributed by atoms with van der Waals surface area (Å²) in [6.07, 6.45) is 1.76. The summed E-state index contributed by atoms with van der Waals surface area (Å²) >= 11 is 0. The normalized spacial score (nSPS) is 18.1. The van der Waals surface area contributed by atoms with Crippen LogP contribution in [-0.4, -0.2) is 65.9 Å². The Bertz CT molecular complexity index is 1280. The summed E-state index contributed by atoms with van der Waals surface area (Å²) in [7, 11) is 0. The third kappa shape index (κ3) is 6.06. The van der Waals surface area contributed by atoms with Crippen LogP contribution in [0.4, 0.5) is 22.1 Å². The summed E-state index contributed by atoms with van der Waals surface area (Å²) in [5, 5.41) is 5.54. The molecule has 0 spiro atoms. The fourth-order valence-electron chi connectivity index (χ4n) is 4.51. The number of carbonyl (C=O) groups is 2. The summed E-state index contributed by atoms with van der Waals surface area (Å²) in [5.41, 5.74) is 7.61. The highest BCUT2D eigenvalue weighted by atomic mass is 16.5. The first-order valence-electron chi connectivity index (χ1n) is 12.7. The van der Waals surface area contributed by atoms with Gasteiger partial charge in [0, 0.05) is 48.2 Å². The van der Waals surface area contributed by atoms with Crippen molar-refractivity contribution in [1.82, 2.24) is 15.0 Å². The van der Waals surface area contributed by atoms with Crippen molar-refractivity contribution in [3.63, 3.8) is 0 Å². The van der Waals surface area contributed by atoms with E-state index in [4.69, 9.17) is 30.2 Å². The minimum absolute atomic E-state index is 0.165. The molecule has 0 aliphatic carbocycles. The number of rotatable bonds is 6. The molecule has 3 amide bonds. The molecule has 2 fully saturated rings. The van der Waals surface area contributed by atoms with E-state index < -0.39 is 11.9 Å². The molecule has 3 heterocycles. The summed E-state index contributed by atoms with van der Waals surface area (Å²) in [5.74, 6) is 1.75. The molecule has 11 nitrogen and oxygen atoms in total. The number of hydrogen-bond donors (Lipinski definition) is 3. The van der Waals surface area contributed by atoms with Crippen LogP contribution in [0.3, 0.4) is 0 Å². The van der Waals surface area contributed by atoms with Gasteiger partial charge in [-0.2, -0.15) is 9.97 Å². The number of morpholine rings is 1. The van der Waals surface area contributed by atoms with Crippen LogP contribution >= 0.6 is 0 Å². The van der Waals surface area contributed by atoms with E-state index >= 15 is 0 Å². The Hall–Kier alpha value is -4.09. The van der Waals surface area contributed by atoms with Crippen molar-refractivity contribution in [3.8, 4) is 11.4 Å². The molecule has 2 aliphatic heterocycles. The van der Waals surface area contributed by atoms with Crippen LogP contribution in [0.15, 0.2) is 48.5 Å². The van der Waals surface area contributed by atoms with E-state index in [1.54, 1.807) is 36.4 Å². The SMILES string of the molecule is CC1COCCN1c1nc(-c2ccc(NC(=O)Nc3ccc(C(N)=O)cc3)cc2)nc(C2CCOCC2)n1. The number of nitrogens with one attached hydrogen (secondary N) is 2. The van der Waals surface area contributed by atoms with Gasteiger partial charge in [-0.1, -0.05) is 0 Å². The molecule has 1 atom stereocenters. The Kier molecular flexibility index (Phi) is 7.75. The van der Waals surface area contributed by atoms with E-state index in [0.29, 0.717) is 55.1 Å². The molecular weight excluding hydrogens is 486 g/mol. The number of hydrogen-bond acceptors (Lipinski definition) is 8. The fraction of sp³-hybridized carbons (Fsp3) is 0.370. The van der Waals surface area contributed by atoms with Crippen molar-refractivity contribution in [2.75, 3.05) is 48.5 Å². The van der Waals surface area contributed by atoms with E-state index in [2.05, 4.69) is 22.5 Å². The predicted molar refractivity (Wildman–Crippen MR) is 143 cm³/mol. The Labute approximate surface area is 220 Å². The number of aromatic nitrogens is 3. The second-order valence-corrected chi connectivity index (χ2v) is 9.42. The molecule has 2 saturated heterocycles. The molecule has 4 N–H and O–H groups in total. The lowest BCUT2D eigenvalue weighted by Crippen LogP contribution is -2.44. The maximum Gasteiger partial charge on any atom is 0.323 e. The molecule has 0 radical (unpaired) electrons. The zero-order valence-electron chi connectivity index (χ0n) is 21.2. The van der Waals surface area contributed by atoms with E-state index in [9.17, 15) is 9.59 Å². The molecule has 2 aromatic carbocycles. The van der Waals surface area contributed by atoms with Crippen molar-refractivity contribution < 1.29 is 19.1 Å². The van der Waals surface area contributed by atoms with Crippen molar-refractivity contribution in [2.24, 2.45) is 5.73 Å². The van der Waals surface area contributed by atoms with Gasteiger partial charge in [0.2, 0.25) is 11.9 Å². The number of anilines is 3. The smallest absolute Gasteiger partial charge is 0.323 e. The molecule has 38 heavy (non-hydrogen) atoms. The van der Waals surface area contributed by atoms with Crippen LogP contribution in [0.5, 0.6) is 0 Å². The van der Waals surface area contributed by atoms with Gasteiger partial charge in [-0.25, -0.2) is 9.78 Å². The second-order valence-electron chi connectivity index (χ2n) is 9.42. The fourth-order valence-corrected chi connectivity index (χ4v) is 4.51. The first-order valence-corrected chi connectivity index (χ1v) is 12.7. The zero-order chi connectivity index (χ0) is 26.5. The van der Waals surface area contributed by atoms with Crippen molar-refractivity contribution in [2.45, 2.75) is 31.7 Å². The van der Waals surface area contributed by atoms with Crippen LogP contribution in [0, 0.1) is 0 Å². The van der Waals surface area contributed by atoms with Crippen LogP contribution in [0.25, 0.3) is 11.4 Å². The van der Waals surface area contributed by atoms with Gasteiger partial charge in [-0.3, -0.25) is 4.79 Å². The van der Waals surface area contributed by atoms with Gasteiger partial charge in [0.25, 0.3) is 0 Å². The van der Waals surface area contributed by atoms with Gasteiger partial charge in [0.05, 0.1) is 19.3 Å². The Balaban J connectivity index is 1.33. The predicted octanol–water partition coefficient (Wildman–Crippen LogP) is 3.40. The summed E-state index contributed by atoms with van der Waals surface area (Å²) < 4.78 is 11.1. The number of ether oxygens (including phenoxy) is 2. The minimum Gasteiger partial charge on any atom is -0.381 e. The zero-order valence-corrected chi connectivity index (χ0v) is 21.2. The number of amides is 3. The highest BCUT2D eigenvalue weighted by Crippen LogP contribution is 2.29. The molecule has 11 heteroatoms. The van der Waals surface area contributed by atoms with E-state index in [1.807, 2.05) is 12.1 Å². The lowest BCUT2D eigenvalue weighted by atomic mass is 9.99. The first kappa shape index (κ1) is 25.6. The minimum atomic E-state index is -0.522. The third-order valence-electron chi connectivity index (χ3n) is 6.68. The van der Waals surface area contributed by atoms with Crippen LogP contribution in [0.2, 0.25) is 0 Å². The molecule has 1 unspecified atom stereocenters. The number of nitrogens with two attached hydrogens (primary N) is 1. The number of nitrogens with zero attached hydrogens (tertiary/aromatic N) is 4. The van der Waals surface area contributed by atoms with Gasteiger partial charge in [0.1, 0.15) is 5.82 Å². The third-order valence-corrected chi connectivity index (χ3v) is 6.68. The molecular formula is C27H31N7O4. The van der Waals surface area contributed by atoms with Crippen LogP contribution < -0.4 is 21.3 Å². The maximum absolute atomic E-state index is 12.5. The average molecular weight is 518 g/mol. The van der Waals surface area contributed by atoms with Gasteiger partial charge >= 0.3 is 6.03 Å². The van der Waals surface area contributed by atoms with E-state index in [0.717, 1.165) is 30.8 Å². The summed E-state index contributed by atoms with van der Waals surface area (Å²) in [6.45, 7) is 5.50. The quantitative estimate of drug-likeness (QED) is 0.451. The Morgan fingerprint density at radius 2 is 1.55 bits per heavy atom. The lowest BCUT2D eigenvalue weighted by molar-refractivity contribution is 0.0834. The van der Waals surface area contributed by atoms with Gasteiger partial charge in [0.15, 0.2) is 5.82 Å². The van der Waals surface area contributed by atoms with E-state index in [-0.39, 0.29) is 12.0 Å². The molecule has 1 aromatic heterocycles. The number of urea groups is 1. The maximum atomic E-state index is 12.5.